The predicted octanol–water partition coefficient (Wildman–Crippen LogP) is 2.06. The fourth-order valence-corrected chi connectivity index (χ4v) is 4.87. The zero-order valence-corrected chi connectivity index (χ0v) is 17.4. The van der Waals surface area contributed by atoms with E-state index in [1.807, 2.05) is 6.07 Å². The Hall–Kier alpha value is -2.85. The Morgan fingerprint density at radius 3 is 3.07 bits per heavy atom. The van der Waals surface area contributed by atoms with Gasteiger partial charge in [-0.2, -0.15) is 0 Å². The van der Waals surface area contributed by atoms with Crippen molar-refractivity contribution in [3.63, 3.8) is 0 Å². The molecular formula is C20H25N5O4S. The average molecular weight is 432 g/mol. The first-order valence-electron chi connectivity index (χ1n) is 9.98. The second kappa shape index (κ2) is 8.88. The molecule has 4 heterocycles. The molecule has 1 aliphatic rings. The molecule has 0 saturated carbocycles. The van der Waals surface area contributed by atoms with Gasteiger partial charge in [0.2, 0.25) is 0 Å². The van der Waals surface area contributed by atoms with Crippen molar-refractivity contribution in [2.24, 2.45) is 11.7 Å². The molecule has 1 fully saturated rings. The van der Waals surface area contributed by atoms with Crippen LogP contribution in [0.25, 0.3) is 10.2 Å². The SMILES string of the molecule is NC(=O)c1sc2nccc(N3CCCC(COCCCn4ccoc4=O)C3)c2c1N. The Morgan fingerprint density at radius 1 is 1.43 bits per heavy atom. The lowest BCUT2D eigenvalue weighted by atomic mass is 9.98. The Labute approximate surface area is 177 Å². The van der Waals surface area contributed by atoms with Gasteiger partial charge >= 0.3 is 5.76 Å². The van der Waals surface area contributed by atoms with E-state index in [9.17, 15) is 9.59 Å². The standard InChI is InChI=1S/C20H25N5O4S/c21-16-15-14(4-5-23-19(15)30-17(16)18(22)26)25-6-1-3-13(11-25)12-28-9-2-7-24-8-10-29-20(24)27/h4-5,8,10,13H,1-3,6-7,9,11-12,21H2,(H2,22,26). The fourth-order valence-electron chi connectivity index (χ4n) is 3.94. The average Bonchev–Trinajstić information content (AvgIpc) is 3.31. The third-order valence-electron chi connectivity index (χ3n) is 5.38. The minimum Gasteiger partial charge on any atom is -0.416 e. The number of oxazole rings is 1. The number of fused-ring (bicyclic) bond motifs is 1. The van der Waals surface area contributed by atoms with Crippen LogP contribution in [-0.2, 0) is 11.3 Å². The van der Waals surface area contributed by atoms with Gasteiger partial charge in [-0.3, -0.25) is 9.36 Å². The predicted molar refractivity (Wildman–Crippen MR) is 116 cm³/mol. The van der Waals surface area contributed by atoms with Gasteiger partial charge in [0.15, 0.2) is 0 Å². The molecule has 1 saturated heterocycles. The number of rotatable bonds is 8. The first-order chi connectivity index (χ1) is 14.5. The van der Waals surface area contributed by atoms with Crippen molar-refractivity contribution in [2.45, 2.75) is 25.8 Å². The normalized spacial score (nSPS) is 16.9. The molecule has 4 rings (SSSR count). The Balaban J connectivity index is 1.36. The molecule has 10 heteroatoms. The zero-order valence-electron chi connectivity index (χ0n) is 16.6. The summed E-state index contributed by atoms with van der Waals surface area (Å²) in [5.41, 5.74) is 13.1. The number of carbonyl (C=O) groups is 1. The number of pyridine rings is 1. The highest BCUT2D eigenvalue weighted by atomic mass is 32.1. The van der Waals surface area contributed by atoms with Gasteiger partial charge in [0.1, 0.15) is 16.0 Å². The minimum absolute atomic E-state index is 0.339. The van der Waals surface area contributed by atoms with E-state index in [0.29, 0.717) is 36.2 Å². The quantitative estimate of drug-likeness (QED) is 0.522. The van der Waals surface area contributed by atoms with E-state index in [1.54, 1.807) is 12.4 Å². The smallest absolute Gasteiger partial charge is 0.416 e. The van der Waals surface area contributed by atoms with Crippen molar-refractivity contribution in [3.8, 4) is 0 Å². The van der Waals surface area contributed by atoms with Gasteiger partial charge in [-0.15, -0.1) is 11.3 Å². The molecule has 0 radical (unpaired) electrons. The summed E-state index contributed by atoms with van der Waals surface area (Å²) in [4.78, 5) is 30.8. The van der Waals surface area contributed by atoms with Crippen LogP contribution in [0.15, 0.2) is 33.9 Å². The molecule has 3 aromatic rings. The van der Waals surface area contributed by atoms with Gasteiger partial charge in [0.25, 0.3) is 5.91 Å². The number of anilines is 2. The van der Waals surface area contributed by atoms with Crippen molar-refractivity contribution >= 4 is 38.8 Å². The third-order valence-corrected chi connectivity index (χ3v) is 6.50. The van der Waals surface area contributed by atoms with E-state index >= 15 is 0 Å². The molecular weight excluding hydrogens is 406 g/mol. The van der Waals surface area contributed by atoms with Gasteiger partial charge in [-0.1, -0.05) is 0 Å². The van der Waals surface area contributed by atoms with Crippen LogP contribution in [-0.4, -0.2) is 41.8 Å². The van der Waals surface area contributed by atoms with E-state index in [1.165, 1.54) is 22.2 Å². The number of piperidine rings is 1. The van der Waals surface area contributed by atoms with Crippen LogP contribution in [0, 0.1) is 5.92 Å². The number of aromatic nitrogens is 2. The number of nitrogens with zero attached hydrogens (tertiary/aromatic N) is 3. The molecule has 0 aromatic carbocycles. The zero-order chi connectivity index (χ0) is 21.1. The molecule has 160 valence electrons. The second-order valence-corrected chi connectivity index (χ2v) is 8.46. The summed E-state index contributed by atoms with van der Waals surface area (Å²) < 4.78 is 12.2. The van der Waals surface area contributed by atoms with Gasteiger partial charge in [0.05, 0.1) is 23.4 Å². The molecule has 4 N–H and O–H groups in total. The van der Waals surface area contributed by atoms with Crippen LogP contribution >= 0.6 is 11.3 Å². The second-order valence-electron chi connectivity index (χ2n) is 7.46. The van der Waals surface area contributed by atoms with Crippen molar-refractivity contribution in [2.75, 3.05) is 36.9 Å². The monoisotopic (exact) mass is 431 g/mol. The first-order valence-corrected chi connectivity index (χ1v) is 10.8. The molecule has 3 aromatic heterocycles. The van der Waals surface area contributed by atoms with E-state index in [-0.39, 0.29) is 5.76 Å². The molecule has 30 heavy (non-hydrogen) atoms. The largest absolute Gasteiger partial charge is 0.418 e. The number of hydrogen-bond donors (Lipinski definition) is 2. The number of amides is 1. The Bertz CT molecular complexity index is 1090. The lowest BCUT2D eigenvalue weighted by molar-refractivity contribution is 0.0893. The number of primary amides is 1. The van der Waals surface area contributed by atoms with E-state index in [2.05, 4.69) is 9.88 Å². The van der Waals surface area contributed by atoms with Crippen molar-refractivity contribution in [3.05, 3.63) is 40.2 Å². The summed E-state index contributed by atoms with van der Waals surface area (Å²) in [6.45, 7) is 3.60. The van der Waals surface area contributed by atoms with Gasteiger partial charge in [-0.25, -0.2) is 9.78 Å². The van der Waals surface area contributed by atoms with Crippen LogP contribution in [0.4, 0.5) is 11.4 Å². The summed E-state index contributed by atoms with van der Waals surface area (Å²) in [5.74, 6) is -0.466. The van der Waals surface area contributed by atoms with Gasteiger partial charge < -0.3 is 25.5 Å². The number of nitrogens with two attached hydrogens (primary N) is 2. The van der Waals surface area contributed by atoms with Crippen LogP contribution < -0.4 is 22.1 Å². The highest BCUT2D eigenvalue weighted by Crippen LogP contribution is 2.39. The number of aryl methyl sites for hydroxylation is 1. The molecule has 0 aliphatic carbocycles. The van der Waals surface area contributed by atoms with Crippen molar-refractivity contribution < 1.29 is 13.9 Å². The summed E-state index contributed by atoms with van der Waals surface area (Å²) in [7, 11) is 0. The fraction of sp³-hybridized carbons (Fsp3) is 0.450. The summed E-state index contributed by atoms with van der Waals surface area (Å²) >= 11 is 1.24. The lowest BCUT2D eigenvalue weighted by Gasteiger charge is -2.34. The van der Waals surface area contributed by atoms with Crippen molar-refractivity contribution in [1.29, 1.82) is 0 Å². The molecule has 1 unspecified atom stereocenters. The molecule has 0 spiro atoms. The molecule has 1 amide bonds. The van der Waals surface area contributed by atoms with Crippen molar-refractivity contribution in [1.82, 2.24) is 9.55 Å². The maximum Gasteiger partial charge on any atom is 0.418 e. The first kappa shape index (κ1) is 20.4. The summed E-state index contributed by atoms with van der Waals surface area (Å²) in [6, 6.07) is 1.95. The van der Waals surface area contributed by atoms with E-state index in [0.717, 1.165) is 48.3 Å². The number of hydrogen-bond acceptors (Lipinski definition) is 8. The Kier molecular flexibility index (Phi) is 6.05. The number of thiophene rings is 1. The lowest BCUT2D eigenvalue weighted by Crippen LogP contribution is -2.37. The maximum atomic E-state index is 11.7. The van der Waals surface area contributed by atoms with Crippen LogP contribution in [0.5, 0.6) is 0 Å². The van der Waals surface area contributed by atoms with Crippen LogP contribution in [0.3, 0.4) is 0 Å². The van der Waals surface area contributed by atoms with E-state index in [4.69, 9.17) is 20.6 Å². The highest BCUT2D eigenvalue weighted by Gasteiger charge is 2.25. The number of nitrogen functional groups attached to an aromatic ring is 1. The molecule has 1 atom stereocenters. The third kappa shape index (κ3) is 4.19. The van der Waals surface area contributed by atoms with Gasteiger partial charge in [-0.05, 0) is 31.2 Å². The molecule has 0 bridgehead atoms. The van der Waals surface area contributed by atoms with Crippen LogP contribution in [0.2, 0.25) is 0 Å². The highest BCUT2D eigenvalue weighted by molar-refractivity contribution is 7.21. The summed E-state index contributed by atoms with van der Waals surface area (Å²) in [5, 5.41) is 0.809. The van der Waals surface area contributed by atoms with Gasteiger partial charge in [0, 0.05) is 38.6 Å². The summed E-state index contributed by atoms with van der Waals surface area (Å²) in [6.07, 6.45) is 7.67. The maximum absolute atomic E-state index is 11.7. The van der Waals surface area contributed by atoms with Crippen LogP contribution in [0.1, 0.15) is 28.9 Å². The molecule has 1 aliphatic heterocycles. The topological polar surface area (TPSA) is 130 Å². The Morgan fingerprint density at radius 2 is 2.30 bits per heavy atom. The van der Waals surface area contributed by atoms with E-state index < -0.39 is 5.91 Å². The number of ether oxygens (including phenoxy) is 1. The number of carbonyl (C=O) groups excluding carboxylic acids is 1. The molecule has 9 nitrogen and oxygen atoms in total. The minimum atomic E-state index is -0.524.